The lowest BCUT2D eigenvalue weighted by Crippen LogP contribution is -2.09. The molecule has 0 aromatic heterocycles. The third-order valence-electron chi connectivity index (χ3n) is 6.24. The van der Waals surface area contributed by atoms with E-state index in [0.29, 0.717) is 24.3 Å². The maximum atomic E-state index is 12.1. The van der Waals surface area contributed by atoms with Gasteiger partial charge in [-0.25, -0.2) is 0 Å². The van der Waals surface area contributed by atoms with Gasteiger partial charge in [-0.15, -0.1) is 0 Å². The number of carbonyl (C=O) groups is 2. The topological polar surface area (TPSA) is 52.6 Å². The smallest absolute Gasteiger partial charge is 0.311 e. The zero-order valence-electron chi connectivity index (χ0n) is 22.1. The summed E-state index contributed by atoms with van der Waals surface area (Å²) in [6.07, 6.45) is 22.8. The minimum absolute atomic E-state index is 0.221. The van der Waals surface area contributed by atoms with Crippen LogP contribution in [0.2, 0.25) is 0 Å². The predicted octanol–water partition coefficient (Wildman–Crippen LogP) is 9.34. The Balaban J connectivity index is 2.12. The lowest BCUT2D eigenvalue weighted by atomic mass is 10.1. The fourth-order valence-electron chi connectivity index (χ4n) is 4.13. The highest BCUT2D eigenvalue weighted by Crippen LogP contribution is 2.21. The molecule has 0 amide bonds. The molecule has 0 unspecified atom stereocenters. The van der Waals surface area contributed by atoms with Crippen molar-refractivity contribution in [3.63, 3.8) is 0 Å². The second kappa shape index (κ2) is 21.7. The number of unbranched alkanes of at least 4 members (excludes halogenated alkanes) is 16. The van der Waals surface area contributed by atoms with Gasteiger partial charge in [0.05, 0.1) is 0 Å². The molecule has 0 aliphatic rings. The van der Waals surface area contributed by atoms with Gasteiger partial charge >= 0.3 is 11.9 Å². The molecule has 4 heteroatoms. The van der Waals surface area contributed by atoms with Crippen LogP contribution in [0, 0.1) is 0 Å². The van der Waals surface area contributed by atoms with Crippen molar-refractivity contribution in [3.05, 3.63) is 24.3 Å². The summed E-state index contributed by atoms with van der Waals surface area (Å²) >= 11 is 0. The van der Waals surface area contributed by atoms with E-state index in [4.69, 9.17) is 9.47 Å². The van der Waals surface area contributed by atoms with Crippen LogP contribution in [0.1, 0.15) is 142 Å². The first-order valence-corrected chi connectivity index (χ1v) is 14.2. The van der Waals surface area contributed by atoms with Gasteiger partial charge in [-0.3, -0.25) is 9.59 Å². The summed E-state index contributed by atoms with van der Waals surface area (Å²) in [6, 6.07) is 6.84. The van der Waals surface area contributed by atoms with Gasteiger partial charge in [-0.1, -0.05) is 123 Å². The molecule has 0 bridgehead atoms. The number of hydrogen-bond acceptors (Lipinski definition) is 4. The van der Waals surface area contributed by atoms with Crippen molar-refractivity contribution >= 4 is 11.9 Å². The molecule has 0 aliphatic heterocycles. The van der Waals surface area contributed by atoms with E-state index in [0.717, 1.165) is 25.7 Å². The summed E-state index contributed by atoms with van der Waals surface area (Å²) in [5.41, 5.74) is 0. The van der Waals surface area contributed by atoms with Gasteiger partial charge in [0.15, 0.2) is 0 Å². The lowest BCUT2D eigenvalue weighted by Gasteiger charge is -2.08. The second-order valence-corrected chi connectivity index (χ2v) is 9.58. The highest BCUT2D eigenvalue weighted by Gasteiger charge is 2.09. The van der Waals surface area contributed by atoms with Gasteiger partial charge in [-0.05, 0) is 25.0 Å². The summed E-state index contributed by atoms with van der Waals surface area (Å²) in [7, 11) is 0. The monoisotopic (exact) mass is 474 g/mol. The first kappa shape index (κ1) is 30.2. The maximum absolute atomic E-state index is 12.1. The van der Waals surface area contributed by atoms with Crippen molar-refractivity contribution in [2.75, 3.05) is 0 Å². The summed E-state index contributed by atoms with van der Waals surface area (Å²) in [6.45, 7) is 4.47. The van der Waals surface area contributed by atoms with Crippen LogP contribution < -0.4 is 9.47 Å². The normalized spacial score (nSPS) is 10.9. The van der Waals surface area contributed by atoms with E-state index in [1.165, 1.54) is 89.9 Å². The zero-order valence-corrected chi connectivity index (χ0v) is 22.1. The molecule has 0 aliphatic carbocycles. The summed E-state index contributed by atoms with van der Waals surface area (Å²) in [5, 5.41) is 0. The molecule has 0 spiro atoms. The zero-order chi connectivity index (χ0) is 24.7. The van der Waals surface area contributed by atoms with Crippen LogP contribution in [0.4, 0.5) is 0 Å². The standard InChI is InChI=1S/C30H50O4/c1-3-5-7-9-11-13-15-17-19-24-29(31)33-27-22-21-23-28(26-27)34-30(32)25-20-18-16-14-12-10-8-6-4-2/h21-23,26H,3-20,24-25H2,1-2H3. The largest absolute Gasteiger partial charge is 0.426 e. The minimum Gasteiger partial charge on any atom is -0.426 e. The van der Waals surface area contributed by atoms with E-state index >= 15 is 0 Å². The molecule has 0 atom stereocenters. The van der Waals surface area contributed by atoms with Gasteiger partial charge in [0.2, 0.25) is 0 Å². The Labute approximate surface area is 209 Å². The van der Waals surface area contributed by atoms with Crippen molar-refractivity contribution in [1.29, 1.82) is 0 Å². The van der Waals surface area contributed by atoms with Crippen LogP contribution in [0.5, 0.6) is 11.5 Å². The Morgan fingerprint density at radius 3 is 1.21 bits per heavy atom. The molecule has 0 heterocycles. The molecule has 0 saturated heterocycles. The maximum Gasteiger partial charge on any atom is 0.311 e. The Hall–Kier alpha value is -1.84. The van der Waals surface area contributed by atoms with E-state index in [1.54, 1.807) is 24.3 Å². The summed E-state index contributed by atoms with van der Waals surface area (Å²) in [4.78, 5) is 24.2. The van der Waals surface area contributed by atoms with Gasteiger partial charge < -0.3 is 9.47 Å². The van der Waals surface area contributed by atoms with E-state index in [-0.39, 0.29) is 11.9 Å². The van der Waals surface area contributed by atoms with Crippen LogP contribution in [-0.4, -0.2) is 11.9 Å². The molecule has 0 saturated carbocycles. The third kappa shape index (κ3) is 17.6. The van der Waals surface area contributed by atoms with Crippen LogP contribution >= 0.6 is 0 Å². The molecule has 4 nitrogen and oxygen atoms in total. The minimum atomic E-state index is -0.221. The fraction of sp³-hybridized carbons (Fsp3) is 0.733. The van der Waals surface area contributed by atoms with E-state index in [2.05, 4.69) is 13.8 Å². The van der Waals surface area contributed by atoms with Gasteiger partial charge in [0, 0.05) is 18.9 Å². The van der Waals surface area contributed by atoms with Gasteiger partial charge in [-0.2, -0.15) is 0 Å². The molecule has 1 aromatic carbocycles. The Kier molecular flexibility index (Phi) is 19.2. The average Bonchev–Trinajstić information content (AvgIpc) is 2.82. The molecular formula is C30H50O4. The highest BCUT2D eigenvalue weighted by molar-refractivity contribution is 5.74. The summed E-state index contributed by atoms with van der Waals surface area (Å²) in [5.74, 6) is 0.436. The van der Waals surface area contributed by atoms with Crippen LogP contribution in [0.15, 0.2) is 24.3 Å². The van der Waals surface area contributed by atoms with Crippen molar-refractivity contribution in [3.8, 4) is 11.5 Å². The average molecular weight is 475 g/mol. The van der Waals surface area contributed by atoms with Crippen LogP contribution in [0.3, 0.4) is 0 Å². The van der Waals surface area contributed by atoms with Crippen molar-refractivity contribution in [1.82, 2.24) is 0 Å². The van der Waals surface area contributed by atoms with Crippen LogP contribution in [-0.2, 0) is 9.59 Å². The molecule has 194 valence electrons. The first-order valence-electron chi connectivity index (χ1n) is 14.2. The fourth-order valence-corrected chi connectivity index (χ4v) is 4.13. The number of hydrogen-bond donors (Lipinski definition) is 0. The molecule has 34 heavy (non-hydrogen) atoms. The summed E-state index contributed by atoms with van der Waals surface area (Å²) < 4.78 is 10.9. The lowest BCUT2D eigenvalue weighted by molar-refractivity contribution is -0.135. The Bertz CT molecular complexity index is 589. The molecule has 0 fully saturated rings. The van der Waals surface area contributed by atoms with Gasteiger partial charge in [0.25, 0.3) is 0 Å². The molecule has 1 aromatic rings. The number of carbonyl (C=O) groups excluding carboxylic acids is 2. The van der Waals surface area contributed by atoms with E-state index in [1.807, 2.05) is 0 Å². The molecule has 0 radical (unpaired) electrons. The number of esters is 2. The first-order chi connectivity index (χ1) is 16.7. The molecule has 1 rings (SSSR count). The molecule has 0 N–H and O–H groups in total. The van der Waals surface area contributed by atoms with Gasteiger partial charge in [0.1, 0.15) is 11.5 Å². The predicted molar refractivity (Wildman–Crippen MR) is 141 cm³/mol. The van der Waals surface area contributed by atoms with Crippen molar-refractivity contribution in [2.24, 2.45) is 0 Å². The quantitative estimate of drug-likeness (QED) is 0.0954. The molecular weight excluding hydrogens is 424 g/mol. The van der Waals surface area contributed by atoms with E-state index in [9.17, 15) is 9.59 Å². The highest BCUT2D eigenvalue weighted by atomic mass is 16.5. The van der Waals surface area contributed by atoms with E-state index < -0.39 is 0 Å². The SMILES string of the molecule is CCCCCCCCCCCC(=O)Oc1cccc(OC(=O)CCCCCCCCCCC)c1. The number of rotatable bonds is 22. The van der Waals surface area contributed by atoms with Crippen molar-refractivity contribution in [2.45, 2.75) is 142 Å². The number of benzene rings is 1. The number of ether oxygens (including phenoxy) is 2. The Morgan fingerprint density at radius 1 is 0.529 bits per heavy atom. The third-order valence-corrected chi connectivity index (χ3v) is 6.24. The Morgan fingerprint density at radius 2 is 0.853 bits per heavy atom. The second-order valence-electron chi connectivity index (χ2n) is 9.58. The van der Waals surface area contributed by atoms with Crippen LogP contribution in [0.25, 0.3) is 0 Å². The van der Waals surface area contributed by atoms with Crippen molar-refractivity contribution < 1.29 is 19.1 Å².